The molecule has 0 radical (unpaired) electrons. The van der Waals surface area contributed by atoms with Gasteiger partial charge in [-0.25, -0.2) is 14.5 Å². The molecule has 2 atom stereocenters. The summed E-state index contributed by atoms with van der Waals surface area (Å²) in [5, 5.41) is 1.11. The van der Waals surface area contributed by atoms with E-state index in [1.54, 1.807) is 32.6 Å². The molecular formula is C33H44F3N3O7S. The van der Waals surface area contributed by atoms with Crippen molar-refractivity contribution in [1.29, 1.82) is 0 Å². The zero-order chi connectivity index (χ0) is 35.5. The van der Waals surface area contributed by atoms with E-state index >= 15 is 0 Å². The number of halogens is 3. The van der Waals surface area contributed by atoms with Gasteiger partial charge in [0.05, 0.1) is 11.2 Å². The molecule has 0 bridgehead atoms. The third kappa shape index (κ3) is 10.6. The number of carbonyl (C=O) groups is 2. The zero-order valence-electron chi connectivity index (χ0n) is 28.3. The lowest BCUT2D eigenvalue weighted by Gasteiger charge is -2.34. The molecule has 47 heavy (non-hydrogen) atoms. The van der Waals surface area contributed by atoms with Crippen molar-refractivity contribution in [2.45, 2.75) is 91.9 Å². The highest BCUT2D eigenvalue weighted by Crippen LogP contribution is 2.32. The van der Waals surface area contributed by atoms with E-state index in [9.17, 15) is 31.2 Å². The van der Waals surface area contributed by atoms with E-state index in [4.69, 9.17) is 9.47 Å². The van der Waals surface area contributed by atoms with Gasteiger partial charge in [-0.05, 0) is 96.9 Å². The van der Waals surface area contributed by atoms with E-state index in [2.05, 4.69) is 40.4 Å². The van der Waals surface area contributed by atoms with Gasteiger partial charge in [0.1, 0.15) is 11.2 Å². The number of carbonyl (C=O) groups excluding carboxylic acids is 2. The Bertz CT molecular complexity index is 1640. The van der Waals surface area contributed by atoms with Crippen molar-refractivity contribution >= 4 is 38.9 Å². The van der Waals surface area contributed by atoms with Crippen LogP contribution in [0.2, 0.25) is 0 Å². The summed E-state index contributed by atoms with van der Waals surface area (Å²) in [6, 6.07) is 8.29. The highest BCUT2D eigenvalue weighted by atomic mass is 32.2. The van der Waals surface area contributed by atoms with E-state index < -0.39 is 38.8 Å². The predicted octanol–water partition coefficient (Wildman–Crippen LogP) is 8.13. The van der Waals surface area contributed by atoms with E-state index in [0.717, 1.165) is 45.1 Å². The number of aryl methyl sites for hydroxylation is 1. The lowest BCUT2D eigenvalue weighted by atomic mass is 9.97. The molecule has 260 valence electrons. The Morgan fingerprint density at radius 2 is 1.38 bits per heavy atom. The van der Waals surface area contributed by atoms with Crippen LogP contribution in [0.4, 0.5) is 22.8 Å². The Morgan fingerprint density at radius 3 is 1.94 bits per heavy atom. The number of allylic oxidation sites excluding steroid dienone is 2. The first-order valence-electron chi connectivity index (χ1n) is 15.2. The van der Waals surface area contributed by atoms with Crippen molar-refractivity contribution in [1.82, 2.24) is 14.8 Å². The van der Waals surface area contributed by atoms with Crippen molar-refractivity contribution in [2.75, 3.05) is 13.1 Å². The van der Waals surface area contributed by atoms with Gasteiger partial charge in [0, 0.05) is 30.2 Å². The Labute approximate surface area is 274 Å². The fourth-order valence-corrected chi connectivity index (χ4v) is 5.15. The molecule has 2 aliphatic heterocycles. The van der Waals surface area contributed by atoms with Gasteiger partial charge in [-0.3, -0.25) is 9.88 Å². The van der Waals surface area contributed by atoms with Crippen LogP contribution in [0.25, 0.3) is 16.6 Å². The van der Waals surface area contributed by atoms with E-state index in [1.807, 2.05) is 40.0 Å². The maximum Gasteiger partial charge on any atom is 0.534 e. The van der Waals surface area contributed by atoms with Gasteiger partial charge in [-0.2, -0.15) is 21.6 Å². The smallest absolute Gasteiger partial charge is 0.443 e. The molecule has 0 spiro atoms. The summed E-state index contributed by atoms with van der Waals surface area (Å²) >= 11 is 0. The van der Waals surface area contributed by atoms with Crippen LogP contribution in [0.3, 0.4) is 0 Å². The number of alkyl halides is 3. The number of nitrogens with zero attached hydrogens (tertiary/aromatic N) is 3. The number of fused-ring (bicyclic) bond motifs is 1. The lowest BCUT2D eigenvalue weighted by molar-refractivity contribution is -0.0546. The van der Waals surface area contributed by atoms with Crippen LogP contribution in [0.1, 0.15) is 79.4 Å². The summed E-state index contributed by atoms with van der Waals surface area (Å²) in [6.07, 6.45) is 5.10. The normalized spacial score (nSPS) is 19.2. The average Bonchev–Trinajstić information content (AvgIpc) is 2.91. The second kappa shape index (κ2) is 14.1. The minimum absolute atomic E-state index is 0.00583. The predicted molar refractivity (Wildman–Crippen MR) is 172 cm³/mol. The monoisotopic (exact) mass is 683 g/mol. The van der Waals surface area contributed by atoms with Crippen molar-refractivity contribution in [2.24, 2.45) is 11.8 Å². The molecule has 0 saturated carbocycles. The third-order valence-corrected chi connectivity index (χ3v) is 7.73. The molecule has 0 N–H and O–H groups in total. The van der Waals surface area contributed by atoms with Gasteiger partial charge in [-0.15, -0.1) is 0 Å². The van der Waals surface area contributed by atoms with E-state index in [0.29, 0.717) is 12.5 Å². The molecule has 0 unspecified atom stereocenters. The summed E-state index contributed by atoms with van der Waals surface area (Å²) in [6.45, 7) is 17.0. The van der Waals surface area contributed by atoms with Gasteiger partial charge in [0.15, 0.2) is 0 Å². The zero-order valence-corrected chi connectivity index (χ0v) is 29.1. The number of benzene rings is 1. The number of hydrogen-bond acceptors (Lipinski definition) is 8. The first-order chi connectivity index (χ1) is 21.5. The molecule has 4 rings (SSSR count). The van der Waals surface area contributed by atoms with Gasteiger partial charge >= 0.3 is 27.8 Å². The van der Waals surface area contributed by atoms with Gasteiger partial charge in [0.25, 0.3) is 0 Å². The van der Waals surface area contributed by atoms with Crippen LogP contribution in [0.5, 0.6) is 0 Å². The number of rotatable bonds is 3. The van der Waals surface area contributed by atoms with Crippen LogP contribution in [-0.2, 0) is 23.8 Å². The molecule has 1 aromatic carbocycles. The second-order valence-corrected chi connectivity index (χ2v) is 15.4. The molecule has 2 amide bonds. The molecule has 0 fully saturated rings. The van der Waals surface area contributed by atoms with Crippen LogP contribution >= 0.6 is 0 Å². The number of aromatic nitrogens is 1. The number of amides is 2. The first kappa shape index (κ1) is 37.6. The minimum Gasteiger partial charge on any atom is -0.443 e. The van der Waals surface area contributed by atoms with E-state index in [-0.39, 0.29) is 25.0 Å². The molecule has 2 aliphatic rings. The molecule has 0 saturated heterocycles. The molecule has 0 aliphatic carbocycles. The Hall–Kier alpha value is -3.81. The third-order valence-electron chi connectivity index (χ3n) is 6.78. The lowest BCUT2D eigenvalue weighted by Crippen LogP contribution is -2.42. The maximum absolute atomic E-state index is 12.7. The number of ether oxygens (including phenoxy) is 2. The standard InChI is InChI=1S/C21H26N2O2.C12H18F3NO5S/c1-14-6-9-19(23(13-14)20(24)25-21(3,4)5)17-8-7-16-10-15(2)12-22-18(16)11-17;1-8-5-6-9(21-22(18,19)12(13,14)15)16(7-8)10(17)20-11(2,3)4/h7-12,14H,6,13H2,1-5H3;6,8H,5,7H2,1-4H3/t14-;8-/m00/s1. The van der Waals surface area contributed by atoms with Crippen molar-refractivity contribution in [3.8, 4) is 0 Å². The summed E-state index contributed by atoms with van der Waals surface area (Å²) in [5.41, 5.74) is -2.97. The topological polar surface area (TPSA) is 115 Å². The maximum atomic E-state index is 12.7. The molecule has 10 nitrogen and oxygen atoms in total. The van der Waals surface area contributed by atoms with Gasteiger partial charge in [0.2, 0.25) is 5.88 Å². The average molecular weight is 684 g/mol. The van der Waals surface area contributed by atoms with Crippen molar-refractivity contribution in [3.63, 3.8) is 0 Å². The van der Waals surface area contributed by atoms with Gasteiger partial charge < -0.3 is 13.7 Å². The molecule has 2 aromatic rings. The van der Waals surface area contributed by atoms with Crippen LogP contribution in [0.15, 0.2) is 48.5 Å². The second-order valence-electron chi connectivity index (χ2n) is 13.9. The van der Waals surface area contributed by atoms with E-state index in [1.165, 1.54) is 0 Å². The number of hydrogen-bond donors (Lipinski definition) is 0. The van der Waals surface area contributed by atoms with Gasteiger partial charge in [-0.1, -0.05) is 32.1 Å². The molecule has 14 heteroatoms. The minimum atomic E-state index is -5.84. The SMILES string of the molecule is C[C@H]1CC=C(OS(=O)(=O)C(F)(F)F)N(C(=O)OC(C)(C)C)C1.Cc1cnc2cc(C3=CC[C@H](C)CN3C(=O)OC(C)(C)C)ccc2c1. The molecular weight excluding hydrogens is 639 g/mol. The Balaban J connectivity index is 0.000000258. The van der Waals surface area contributed by atoms with Crippen molar-refractivity contribution < 1.29 is 44.8 Å². The van der Waals surface area contributed by atoms with Crippen LogP contribution < -0.4 is 0 Å². The fourth-order valence-electron chi connectivity index (χ4n) is 4.67. The Morgan fingerprint density at radius 1 is 0.851 bits per heavy atom. The number of pyridine rings is 1. The quantitative estimate of drug-likeness (QED) is 0.235. The molecule has 1 aromatic heterocycles. The summed E-state index contributed by atoms with van der Waals surface area (Å²) in [5.74, 6) is -0.351. The summed E-state index contributed by atoms with van der Waals surface area (Å²) in [7, 11) is -5.84. The summed E-state index contributed by atoms with van der Waals surface area (Å²) < 4.78 is 74.1. The highest BCUT2D eigenvalue weighted by Gasteiger charge is 2.50. The van der Waals surface area contributed by atoms with Crippen molar-refractivity contribution in [3.05, 3.63) is 59.6 Å². The Kier molecular flexibility index (Phi) is 11.3. The highest BCUT2D eigenvalue weighted by molar-refractivity contribution is 7.87. The first-order valence-corrected chi connectivity index (χ1v) is 16.7. The van der Waals surface area contributed by atoms with Crippen LogP contribution in [0, 0.1) is 18.8 Å². The summed E-state index contributed by atoms with van der Waals surface area (Å²) in [4.78, 5) is 31.7. The van der Waals surface area contributed by atoms with Crippen LogP contribution in [-0.4, -0.2) is 65.2 Å². The fraction of sp³-hybridized carbons (Fsp3) is 0.545. The largest absolute Gasteiger partial charge is 0.534 e. The molecule has 3 heterocycles.